The van der Waals surface area contributed by atoms with Crippen LogP contribution in [0.4, 0.5) is 0 Å². The van der Waals surface area contributed by atoms with Crippen LogP contribution in [0.25, 0.3) is 5.76 Å². The molecule has 2 aromatic carbocycles. The summed E-state index contributed by atoms with van der Waals surface area (Å²) in [6.07, 6.45) is 4.13. The number of Topliss-reactive ketones (excluding diaryl/α,β-unsaturated/α-hetero) is 1. The van der Waals surface area contributed by atoms with E-state index in [-0.39, 0.29) is 23.6 Å². The van der Waals surface area contributed by atoms with Gasteiger partial charge in [0.1, 0.15) is 17.3 Å². The number of phenolic OH excluding ortho intramolecular Hbond substituents is 1. The van der Waals surface area contributed by atoms with Gasteiger partial charge in [0.15, 0.2) is 0 Å². The van der Waals surface area contributed by atoms with Gasteiger partial charge in [-0.2, -0.15) is 0 Å². The fourth-order valence-corrected chi connectivity index (χ4v) is 4.06. The first-order chi connectivity index (χ1) is 16.4. The molecule has 0 radical (unpaired) electrons. The van der Waals surface area contributed by atoms with Crippen LogP contribution in [-0.4, -0.2) is 38.4 Å². The van der Waals surface area contributed by atoms with Crippen molar-refractivity contribution in [2.24, 2.45) is 0 Å². The quantitative estimate of drug-likeness (QED) is 0.307. The third-order valence-corrected chi connectivity index (χ3v) is 5.73. The number of aromatic nitrogens is 1. The molecule has 2 heterocycles. The number of amides is 1. The topological polar surface area (TPSA) is 100.0 Å². The summed E-state index contributed by atoms with van der Waals surface area (Å²) in [5.74, 6) is -0.960. The molecular weight excluding hydrogens is 432 g/mol. The second kappa shape index (κ2) is 9.79. The molecule has 4 rings (SSSR count). The maximum atomic E-state index is 13.2. The van der Waals surface area contributed by atoms with E-state index in [1.54, 1.807) is 48.8 Å². The minimum Gasteiger partial charge on any atom is -0.508 e. The highest BCUT2D eigenvalue weighted by Crippen LogP contribution is 2.41. The molecule has 2 N–H and O–H groups in total. The maximum absolute atomic E-state index is 13.2. The number of aromatic hydroxyl groups is 1. The lowest BCUT2D eigenvalue weighted by Gasteiger charge is -2.25. The highest BCUT2D eigenvalue weighted by atomic mass is 16.5. The SMILES string of the molecule is CCCOc1ccc(/C(O)=C2/C(=O)C(=O)N(Cc3cccnc3)C2c2ccc(O)cc2)cc1C. The summed E-state index contributed by atoms with van der Waals surface area (Å²) in [6, 6.07) is 14.2. The van der Waals surface area contributed by atoms with Crippen LogP contribution in [-0.2, 0) is 16.1 Å². The smallest absolute Gasteiger partial charge is 0.295 e. The van der Waals surface area contributed by atoms with Gasteiger partial charge in [0.25, 0.3) is 11.7 Å². The van der Waals surface area contributed by atoms with Crippen LogP contribution in [0.3, 0.4) is 0 Å². The predicted octanol–water partition coefficient (Wildman–Crippen LogP) is 4.51. The average Bonchev–Trinajstić information content (AvgIpc) is 3.09. The normalized spacial score (nSPS) is 17.2. The molecule has 7 nitrogen and oxygen atoms in total. The van der Waals surface area contributed by atoms with Crippen LogP contribution in [0.1, 0.15) is 41.6 Å². The Hall–Kier alpha value is -4.13. The predicted molar refractivity (Wildman–Crippen MR) is 127 cm³/mol. The molecule has 1 atom stereocenters. The summed E-state index contributed by atoms with van der Waals surface area (Å²) in [7, 11) is 0. The van der Waals surface area contributed by atoms with E-state index in [2.05, 4.69) is 4.98 Å². The Bertz CT molecular complexity index is 1240. The number of benzene rings is 2. The molecule has 1 fully saturated rings. The standard InChI is InChI=1S/C27H26N2O5/c1-3-13-34-22-11-8-20(14-17(22)2)25(31)23-24(19-6-9-21(30)10-7-19)29(27(33)26(23)32)16-18-5-4-12-28-15-18/h4-12,14-15,24,30-31H,3,13,16H2,1-2H3/b25-23-. The number of aliphatic hydroxyl groups is 1. The number of hydrogen-bond acceptors (Lipinski definition) is 6. The van der Waals surface area contributed by atoms with Crippen LogP contribution in [0.15, 0.2) is 72.6 Å². The molecule has 1 saturated heterocycles. The number of hydrogen-bond donors (Lipinski definition) is 2. The Kier molecular flexibility index (Phi) is 6.63. The first-order valence-electron chi connectivity index (χ1n) is 11.1. The molecule has 1 aliphatic heterocycles. The van der Waals surface area contributed by atoms with Crippen LogP contribution >= 0.6 is 0 Å². The zero-order chi connectivity index (χ0) is 24.2. The van der Waals surface area contributed by atoms with Crippen molar-refractivity contribution in [1.29, 1.82) is 0 Å². The number of nitrogens with zero attached hydrogens (tertiary/aromatic N) is 2. The van der Waals surface area contributed by atoms with Crippen LogP contribution in [0.2, 0.25) is 0 Å². The van der Waals surface area contributed by atoms with E-state index in [9.17, 15) is 19.8 Å². The lowest BCUT2D eigenvalue weighted by molar-refractivity contribution is -0.140. The monoisotopic (exact) mass is 458 g/mol. The summed E-state index contributed by atoms with van der Waals surface area (Å²) < 4.78 is 5.71. The van der Waals surface area contributed by atoms with Gasteiger partial charge in [-0.15, -0.1) is 0 Å². The van der Waals surface area contributed by atoms with Crippen LogP contribution in [0, 0.1) is 6.92 Å². The molecule has 3 aromatic rings. The van der Waals surface area contributed by atoms with Crippen molar-refractivity contribution in [3.05, 3.63) is 94.8 Å². The molecular formula is C27H26N2O5. The van der Waals surface area contributed by atoms with E-state index < -0.39 is 17.7 Å². The third kappa shape index (κ3) is 4.50. The number of ketones is 1. The van der Waals surface area contributed by atoms with Crippen molar-refractivity contribution in [3.63, 3.8) is 0 Å². The highest BCUT2D eigenvalue weighted by molar-refractivity contribution is 6.46. The van der Waals surface area contributed by atoms with E-state index in [4.69, 9.17) is 4.74 Å². The van der Waals surface area contributed by atoms with E-state index in [0.717, 1.165) is 17.5 Å². The molecule has 1 aliphatic rings. The Morgan fingerprint density at radius 3 is 2.53 bits per heavy atom. The molecule has 1 aromatic heterocycles. The highest BCUT2D eigenvalue weighted by Gasteiger charge is 2.46. The third-order valence-electron chi connectivity index (χ3n) is 5.73. The van der Waals surface area contributed by atoms with Crippen molar-refractivity contribution in [2.45, 2.75) is 32.9 Å². The summed E-state index contributed by atoms with van der Waals surface area (Å²) in [6.45, 7) is 4.60. The molecule has 7 heteroatoms. The maximum Gasteiger partial charge on any atom is 0.295 e. The zero-order valence-corrected chi connectivity index (χ0v) is 19.1. The fraction of sp³-hybridized carbons (Fsp3) is 0.222. The molecule has 0 saturated carbocycles. The van der Waals surface area contributed by atoms with Crippen molar-refractivity contribution >= 4 is 17.4 Å². The number of aryl methyl sites for hydroxylation is 1. The number of phenols is 1. The first-order valence-corrected chi connectivity index (χ1v) is 11.1. The van der Waals surface area contributed by atoms with Gasteiger partial charge in [0.2, 0.25) is 0 Å². The lowest BCUT2D eigenvalue weighted by Crippen LogP contribution is -2.29. The van der Waals surface area contributed by atoms with Gasteiger partial charge in [-0.3, -0.25) is 14.6 Å². The van der Waals surface area contributed by atoms with Crippen LogP contribution in [0.5, 0.6) is 11.5 Å². The van der Waals surface area contributed by atoms with Crippen molar-refractivity contribution in [1.82, 2.24) is 9.88 Å². The minimum absolute atomic E-state index is 0.00112. The van der Waals surface area contributed by atoms with Gasteiger partial charge < -0.3 is 19.8 Å². The number of carbonyl (C=O) groups is 2. The van der Waals surface area contributed by atoms with E-state index in [1.807, 2.05) is 19.9 Å². The molecule has 1 unspecified atom stereocenters. The first kappa shape index (κ1) is 23.0. The second-order valence-corrected chi connectivity index (χ2v) is 8.21. The van der Waals surface area contributed by atoms with E-state index >= 15 is 0 Å². The van der Waals surface area contributed by atoms with E-state index in [0.29, 0.717) is 23.5 Å². The Labute approximate surface area is 198 Å². The molecule has 34 heavy (non-hydrogen) atoms. The molecule has 174 valence electrons. The van der Waals surface area contributed by atoms with Crippen molar-refractivity contribution in [3.8, 4) is 11.5 Å². The van der Waals surface area contributed by atoms with Gasteiger partial charge in [-0.05, 0) is 66.4 Å². The second-order valence-electron chi connectivity index (χ2n) is 8.21. The van der Waals surface area contributed by atoms with Gasteiger partial charge >= 0.3 is 0 Å². The molecule has 1 amide bonds. The Morgan fingerprint density at radius 2 is 1.88 bits per heavy atom. The molecule has 0 spiro atoms. The van der Waals surface area contributed by atoms with Crippen LogP contribution < -0.4 is 4.74 Å². The number of carbonyl (C=O) groups excluding carboxylic acids is 2. The van der Waals surface area contributed by atoms with Crippen molar-refractivity contribution < 1.29 is 24.5 Å². The van der Waals surface area contributed by atoms with Gasteiger partial charge in [-0.25, -0.2) is 0 Å². The summed E-state index contributed by atoms with van der Waals surface area (Å²) in [4.78, 5) is 31.8. The van der Waals surface area contributed by atoms with E-state index in [1.165, 1.54) is 17.0 Å². The van der Waals surface area contributed by atoms with Crippen molar-refractivity contribution in [2.75, 3.05) is 6.61 Å². The summed E-state index contributed by atoms with van der Waals surface area (Å²) in [5.41, 5.74) is 2.58. The van der Waals surface area contributed by atoms with Gasteiger partial charge in [0, 0.05) is 24.5 Å². The summed E-state index contributed by atoms with van der Waals surface area (Å²) in [5, 5.41) is 21.0. The van der Waals surface area contributed by atoms with Gasteiger partial charge in [0.05, 0.1) is 18.2 Å². The van der Waals surface area contributed by atoms with Gasteiger partial charge in [-0.1, -0.05) is 25.1 Å². The largest absolute Gasteiger partial charge is 0.508 e. The number of likely N-dealkylation sites (tertiary alicyclic amines) is 1. The summed E-state index contributed by atoms with van der Waals surface area (Å²) >= 11 is 0. The minimum atomic E-state index is -0.822. The number of rotatable bonds is 7. The molecule has 0 bridgehead atoms. The zero-order valence-electron chi connectivity index (χ0n) is 19.1. The number of ether oxygens (including phenoxy) is 1. The average molecular weight is 459 g/mol. The number of pyridine rings is 1. The Balaban J connectivity index is 1.81. The lowest BCUT2D eigenvalue weighted by atomic mass is 9.94. The fourth-order valence-electron chi connectivity index (χ4n) is 4.06. The molecule has 0 aliphatic carbocycles. The number of aliphatic hydroxyl groups excluding tert-OH is 1. The Morgan fingerprint density at radius 1 is 1.12 bits per heavy atom.